The van der Waals surface area contributed by atoms with Gasteiger partial charge in [-0.25, -0.2) is 4.98 Å². The summed E-state index contributed by atoms with van der Waals surface area (Å²) in [6.07, 6.45) is 0. The monoisotopic (exact) mass is 289 g/mol. The van der Waals surface area contributed by atoms with Gasteiger partial charge in [0.05, 0.1) is 12.2 Å². The molecule has 5 heteroatoms. The SMILES string of the molecule is Nc1cc(Cn2c3ccccc3c3ccccc32)nc(N)n1. The predicted octanol–water partition coefficient (Wildman–Crippen LogP) is 2.80. The van der Waals surface area contributed by atoms with Gasteiger partial charge in [0.25, 0.3) is 0 Å². The highest BCUT2D eigenvalue weighted by Gasteiger charge is 2.11. The summed E-state index contributed by atoms with van der Waals surface area (Å²) in [5.41, 5.74) is 14.6. The Morgan fingerprint density at radius 3 is 2.00 bits per heavy atom. The maximum absolute atomic E-state index is 5.77. The summed E-state index contributed by atoms with van der Waals surface area (Å²) in [5, 5.41) is 2.46. The third-order valence-corrected chi connectivity index (χ3v) is 3.82. The van der Waals surface area contributed by atoms with Crippen LogP contribution in [-0.2, 0) is 6.54 Å². The molecular formula is C17H15N5. The van der Waals surface area contributed by atoms with Crippen molar-refractivity contribution in [2.24, 2.45) is 0 Å². The number of hydrogen-bond donors (Lipinski definition) is 2. The van der Waals surface area contributed by atoms with Crippen molar-refractivity contribution >= 4 is 33.6 Å². The quantitative estimate of drug-likeness (QED) is 0.594. The van der Waals surface area contributed by atoms with E-state index in [0.29, 0.717) is 12.4 Å². The van der Waals surface area contributed by atoms with Crippen LogP contribution in [0.25, 0.3) is 21.8 Å². The second kappa shape index (κ2) is 4.73. The number of para-hydroxylation sites is 2. The Labute approximate surface area is 127 Å². The molecule has 0 aliphatic rings. The Morgan fingerprint density at radius 1 is 0.818 bits per heavy atom. The zero-order chi connectivity index (χ0) is 15.1. The molecule has 0 saturated carbocycles. The summed E-state index contributed by atoms with van der Waals surface area (Å²) in [5.74, 6) is 0.596. The predicted molar refractivity (Wildman–Crippen MR) is 89.4 cm³/mol. The Kier molecular flexibility index (Phi) is 2.72. The first-order valence-corrected chi connectivity index (χ1v) is 7.07. The van der Waals surface area contributed by atoms with Crippen LogP contribution in [0, 0.1) is 0 Å². The molecule has 108 valence electrons. The number of nitrogen functional groups attached to an aromatic ring is 2. The van der Waals surface area contributed by atoms with E-state index in [2.05, 4.69) is 50.9 Å². The molecule has 0 atom stereocenters. The van der Waals surface area contributed by atoms with Crippen molar-refractivity contribution in [1.82, 2.24) is 14.5 Å². The first-order valence-electron chi connectivity index (χ1n) is 7.07. The molecule has 0 radical (unpaired) electrons. The van der Waals surface area contributed by atoms with Crippen LogP contribution < -0.4 is 11.5 Å². The van der Waals surface area contributed by atoms with Crippen molar-refractivity contribution in [3.63, 3.8) is 0 Å². The average molecular weight is 289 g/mol. The highest BCUT2D eigenvalue weighted by atomic mass is 15.1. The minimum absolute atomic E-state index is 0.204. The number of rotatable bonds is 2. The molecule has 0 spiro atoms. The van der Waals surface area contributed by atoms with Gasteiger partial charge in [0, 0.05) is 27.9 Å². The fourth-order valence-electron chi connectivity index (χ4n) is 2.96. The second-order valence-corrected chi connectivity index (χ2v) is 5.26. The number of fused-ring (bicyclic) bond motifs is 3. The topological polar surface area (TPSA) is 82.8 Å². The highest BCUT2D eigenvalue weighted by Crippen LogP contribution is 2.29. The van der Waals surface area contributed by atoms with Crippen LogP contribution in [0.2, 0.25) is 0 Å². The molecule has 5 nitrogen and oxygen atoms in total. The van der Waals surface area contributed by atoms with Gasteiger partial charge in [0.15, 0.2) is 0 Å². The maximum atomic E-state index is 5.77. The molecule has 4 rings (SSSR count). The normalized spacial score (nSPS) is 11.3. The first-order chi connectivity index (χ1) is 10.7. The van der Waals surface area contributed by atoms with Gasteiger partial charge in [-0.2, -0.15) is 4.98 Å². The third kappa shape index (κ3) is 1.95. The van der Waals surface area contributed by atoms with Crippen molar-refractivity contribution in [3.05, 3.63) is 60.3 Å². The minimum atomic E-state index is 0.204. The number of benzene rings is 2. The number of nitrogens with two attached hydrogens (primary N) is 2. The number of aromatic nitrogens is 3. The molecule has 0 aliphatic carbocycles. The van der Waals surface area contributed by atoms with Crippen LogP contribution >= 0.6 is 0 Å². The van der Waals surface area contributed by atoms with Crippen molar-refractivity contribution < 1.29 is 0 Å². The van der Waals surface area contributed by atoms with Crippen molar-refractivity contribution in [1.29, 1.82) is 0 Å². The van der Waals surface area contributed by atoms with Gasteiger partial charge in [-0.15, -0.1) is 0 Å². The molecule has 0 amide bonds. The Morgan fingerprint density at radius 2 is 1.41 bits per heavy atom. The summed E-state index contributed by atoms with van der Waals surface area (Å²) >= 11 is 0. The second-order valence-electron chi connectivity index (χ2n) is 5.26. The molecule has 2 heterocycles. The molecule has 4 N–H and O–H groups in total. The van der Waals surface area contributed by atoms with E-state index in [9.17, 15) is 0 Å². The Hall–Kier alpha value is -3.08. The smallest absolute Gasteiger partial charge is 0.222 e. The van der Waals surface area contributed by atoms with E-state index in [1.807, 2.05) is 12.1 Å². The van der Waals surface area contributed by atoms with Crippen LogP contribution in [0.5, 0.6) is 0 Å². The molecule has 0 fully saturated rings. The molecular weight excluding hydrogens is 274 g/mol. The lowest BCUT2D eigenvalue weighted by atomic mass is 10.2. The van der Waals surface area contributed by atoms with E-state index in [0.717, 1.165) is 5.69 Å². The van der Waals surface area contributed by atoms with Crippen LogP contribution in [0.15, 0.2) is 54.6 Å². The summed E-state index contributed by atoms with van der Waals surface area (Å²) < 4.78 is 2.23. The van der Waals surface area contributed by atoms with Gasteiger partial charge in [0.2, 0.25) is 5.95 Å². The summed E-state index contributed by atoms with van der Waals surface area (Å²) in [6.45, 7) is 0.602. The molecule has 0 aliphatic heterocycles. The fourth-order valence-corrected chi connectivity index (χ4v) is 2.96. The van der Waals surface area contributed by atoms with Gasteiger partial charge >= 0.3 is 0 Å². The molecule has 0 bridgehead atoms. The van der Waals surface area contributed by atoms with Gasteiger partial charge in [-0.1, -0.05) is 36.4 Å². The van der Waals surface area contributed by atoms with Crippen molar-refractivity contribution in [2.45, 2.75) is 6.54 Å². The molecule has 0 unspecified atom stereocenters. The molecule has 2 aromatic heterocycles. The Balaban J connectivity index is 1.96. The van der Waals surface area contributed by atoms with Crippen LogP contribution in [-0.4, -0.2) is 14.5 Å². The Bertz CT molecular complexity index is 913. The van der Waals surface area contributed by atoms with Gasteiger partial charge < -0.3 is 16.0 Å². The highest BCUT2D eigenvalue weighted by molar-refractivity contribution is 6.08. The van der Waals surface area contributed by atoms with Gasteiger partial charge in [-0.05, 0) is 12.1 Å². The fraction of sp³-hybridized carbons (Fsp3) is 0.0588. The maximum Gasteiger partial charge on any atom is 0.222 e. The van der Waals surface area contributed by atoms with E-state index in [1.54, 1.807) is 6.07 Å². The molecule has 4 aromatic rings. The van der Waals surface area contributed by atoms with E-state index in [4.69, 9.17) is 11.5 Å². The van der Waals surface area contributed by atoms with Crippen molar-refractivity contribution in [3.8, 4) is 0 Å². The first kappa shape index (κ1) is 12.6. The molecule has 2 aromatic carbocycles. The number of hydrogen-bond acceptors (Lipinski definition) is 4. The zero-order valence-corrected chi connectivity index (χ0v) is 11.9. The number of anilines is 2. The van der Waals surface area contributed by atoms with E-state index < -0.39 is 0 Å². The lowest BCUT2D eigenvalue weighted by Crippen LogP contribution is -2.06. The summed E-state index contributed by atoms with van der Waals surface area (Å²) in [4.78, 5) is 8.21. The van der Waals surface area contributed by atoms with Crippen molar-refractivity contribution in [2.75, 3.05) is 11.5 Å². The molecule has 0 saturated heterocycles. The third-order valence-electron chi connectivity index (χ3n) is 3.82. The van der Waals surface area contributed by atoms with Crippen LogP contribution in [0.4, 0.5) is 11.8 Å². The largest absolute Gasteiger partial charge is 0.384 e. The average Bonchev–Trinajstić information content (AvgIpc) is 2.81. The lowest BCUT2D eigenvalue weighted by Gasteiger charge is -2.08. The standard InChI is InChI=1S/C17H15N5/c18-16-9-11(20-17(19)21-16)10-22-14-7-3-1-5-12(14)13-6-2-4-8-15(13)22/h1-9H,10H2,(H4,18,19,20,21). The van der Waals surface area contributed by atoms with E-state index in [1.165, 1.54) is 21.8 Å². The lowest BCUT2D eigenvalue weighted by molar-refractivity contribution is 0.832. The van der Waals surface area contributed by atoms with Gasteiger partial charge in [0.1, 0.15) is 5.82 Å². The van der Waals surface area contributed by atoms with Crippen LogP contribution in [0.1, 0.15) is 5.69 Å². The number of nitrogens with zero attached hydrogens (tertiary/aromatic N) is 3. The molecule has 22 heavy (non-hydrogen) atoms. The summed E-state index contributed by atoms with van der Waals surface area (Å²) in [6, 6.07) is 18.5. The van der Waals surface area contributed by atoms with Crippen LogP contribution in [0.3, 0.4) is 0 Å². The van der Waals surface area contributed by atoms with E-state index >= 15 is 0 Å². The minimum Gasteiger partial charge on any atom is -0.384 e. The zero-order valence-electron chi connectivity index (χ0n) is 11.9. The van der Waals surface area contributed by atoms with Gasteiger partial charge in [-0.3, -0.25) is 0 Å². The van der Waals surface area contributed by atoms with E-state index in [-0.39, 0.29) is 5.95 Å². The summed E-state index contributed by atoms with van der Waals surface area (Å²) in [7, 11) is 0.